The molecule has 0 heterocycles. The lowest BCUT2D eigenvalue weighted by Crippen LogP contribution is -2.11. The number of anilines is 1. The predicted molar refractivity (Wildman–Crippen MR) is 88.2 cm³/mol. The van der Waals surface area contributed by atoms with E-state index < -0.39 is 0 Å². The summed E-state index contributed by atoms with van der Waals surface area (Å²) < 4.78 is 13.1. The second-order valence-corrected chi connectivity index (χ2v) is 5.69. The molecule has 0 saturated heterocycles. The molecule has 2 aromatic carbocycles. The number of hydrogen-bond donors (Lipinski definition) is 1. The van der Waals surface area contributed by atoms with Crippen molar-refractivity contribution in [1.29, 1.82) is 0 Å². The van der Waals surface area contributed by atoms with Crippen LogP contribution in [-0.2, 0) is 0 Å². The first-order valence-electron chi connectivity index (χ1n) is 7.69. The molecule has 112 valence electrons. The Morgan fingerprint density at radius 1 is 1.00 bits per heavy atom. The van der Waals surface area contributed by atoms with Crippen molar-refractivity contribution in [1.82, 2.24) is 0 Å². The largest absolute Gasteiger partial charge is 0.378 e. The molecule has 1 unspecified atom stereocenters. The Kier molecular flexibility index (Phi) is 5.38. The van der Waals surface area contributed by atoms with E-state index in [0.717, 1.165) is 30.5 Å². The molecule has 1 nitrogen and oxygen atoms in total. The second kappa shape index (κ2) is 7.26. The fourth-order valence-corrected chi connectivity index (χ4v) is 2.46. The first-order valence-corrected chi connectivity index (χ1v) is 7.69. The van der Waals surface area contributed by atoms with Gasteiger partial charge in [-0.3, -0.25) is 0 Å². The van der Waals surface area contributed by atoms with Gasteiger partial charge in [0.1, 0.15) is 5.82 Å². The van der Waals surface area contributed by atoms with Crippen LogP contribution >= 0.6 is 0 Å². The maximum atomic E-state index is 13.1. The third-order valence-corrected chi connectivity index (χ3v) is 3.97. The minimum Gasteiger partial charge on any atom is -0.378 e. The van der Waals surface area contributed by atoms with Gasteiger partial charge in [-0.2, -0.15) is 0 Å². The maximum Gasteiger partial charge on any atom is 0.123 e. The summed E-state index contributed by atoms with van der Waals surface area (Å²) in [5.74, 6) is -0.181. The number of benzene rings is 2. The van der Waals surface area contributed by atoms with E-state index in [1.165, 1.54) is 23.3 Å². The van der Waals surface area contributed by atoms with Crippen LogP contribution in [0.25, 0.3) is 0 Å². The number of halogens is 1. The Balaban J connectivity index is 2.19. The molecule has 0 bridgehead atoms. The van der Waals surface area contributed by atoms with E-state index in [0.29, 0.717) is 0 Å². The van der Waals surface area contributed by atoms with Gasteiger partial charge in [0.05, 0.1) is 6.04 Å². The molecule has 2 aromatic rings. The fraction of sp³-hybridized carbons (Fsp3) is 0.368. The SMILES string of the molecule is CCCCC(Nc1ccc(C)c(C)c1)c1ccc(F)cc1. The lowest BCUT2D eigenvalue weighted by atomic mass is 10.00. The van der Waals surface area contributed by atoms with Crippen LogP contribution < -0.4 is 5.32 Å². The minimum atomic E-state index is -0.181. The number of aryl methyl sites for hydroxylation is 2. The van der Waals surface area contributed by atoms with Gasteiger partial charge in [0, 0.05) is 5.69 Å². The van der Waals surface area contributed by atoms with Gasteiger partial charge < -0.3 is 5.32 Å². The highest BCUT2D eigenvalue weighted by atomic mass is 19.1. The summed E-state index contributed by atoms with van der Waals surface area (Å²) in [7, 11) is 0. The summed E-state index contributed by atoms with van der Waals surface area (Å²) in [5.41, 5.74) is 4.85. The third kappa shape index (κ3) is 4.32. The zero-order valence-corrected chi connectivity index (χ0v) is 13.1. The van der Waals surface area contributed by atoms with Crippen LogP contribution in [0.3, 0.4) is 0 Å². The highest BCUT2D eigenvalue weighted by molar-refractivity contribution is 5.49. The molecular weight excluding hydrogens is 261 g/mol. The summed E-state index contributed by atoms with van der Waals surface area (Å²) >= 11 is 0. The average molecular weight is 285 g/mol. The molecule has 0 aliphatic carbocycles. The van der Waals surface area contributed by atoms with E-state index in [1.807, 2.05) is 12.1 Å². The number of nitrogens with one attached hydrogen (secondary N) is 1. The highest BCUT2D eigenvalue weighted by Gasteiger charge is 2.11. The van der Waals surface area contributed by atoms with E-state index in [4.69, 9.17) is 0 Å². The standard InChI is InChI=1S/C19H24FN/c1-4-5-6-19(16-8-10-17(20)11-9-16)21-18-12-7-14(2)15(3)13-18/h7-13,19,21H,4-6H2,1-3H3. The van der Waals surface area contributed by atoms with Crippen molar-refractivity contribution in [3.05, 3.63) is 65.0 Å². The van der Waals surface area contributed by atoms with Gasteiger partial charge in [-0.15, -0.1) is 0 Å². The molecule has 21 heavy (non-hydrogen) atoms. The molecule has 0 radical (unpaired) electrons. The monoisotopic (exact) mass is 285 g/mol. The van der Waals surface area contributed by atoms with Crippen molar-refractivity contribution < 1.29 is 4.39 Å². The molecule has 0 spiro atoms. The number of rotatable bonds is 6. The first kappa shape index (κ1) is 15.6. The average Bonchev–Trinajstić information content (AvgIpc) is 2.48. The second-order valence-electron chi connectivity index (χ2n) is 5.69. The van der Waals surface area contributed by atoms with Crippen LogP contribution in [0, 0.1) is 19.7 Å². The zero-order valence-electron chi connectivity index (χ0n) is 13.1. The van der Waals surface area contributed by atoms with E-state index >= 15 is 0 Å². The Hall–Kier alpha value is -1.83. The van der Waals surface area contributed by atoms with Crippen molar-refractivity contribution in [3.63, 3.8) is 0 Å². The number of unbranched alkanes of at least 4 members (excludes halogenated alkanes) is 1. The van der Waals surface area contributed by atoms with Gasteiger partial charge in [0.15, 0.2) is 0 Å². The molecule has 0 fully saturated rings. The van der Waals surface area contributed by atoms with Gasteiger partial charge in [0.25, 0.3) is 0 Å². The molecule has 0 aliphatic heterocycles. The van der Waals surface area contributed by atoms with Crippen LogP contribution in [-0.4, -0.2) is 0 Å². The van der Waals surface area contributed by atoms with Crippen molar-refractivity contribution >= 4 is 5.69 Å². The molecule has 2 heteroatoms. The molecule has 2 rings (SSSR count). The van der Waals surface area contributed by atoms with Crippen molar-refractivity contribution in [2.24, 2.45) is 0 Å². The molecule has 0 saturated carbocycles. The first-order chi connectivity index (χ1) is 10.1. The van der Waals surface area contributed by atoms with Crippen LogP contribution in [0.1, 0.15) is 48.9 Å². The van der Waals surface area contributed by atoms with Gasteiger partial charge in [-0.05, 0) is 61.2 Å². The van der Waals surface area contributed by atoms with Gasteiger partial charge in [0.2, 0.25) is 0 Å². The predicted octanol–water partition coefficient (Wildman–Crippen LogP) is 5.79. The lowest BCUT2D eigenvalue weighted by molar-refractivity contribution is 0.616. The van der Waals surface area contributed by atoms with Crippen molar-refractivity contribution in [2.75, 3.05) is 5.32 Å². The normalized spacial score (nSPS) is 12.2. The summed E-state index contributed by atoms with van der Waals surface area (Å²) in [6.45, 7) is 6.44. The summed E-state index contributed by atoms with van der Waals surface area (Å²) in [6, 6.07) is 13.5. The van der Waals surface area contributed by atoms with Crippen LogP contribution in [0.2, 0.25) is 0 Å². The quantitative estimate of drug-likeness (QED) is 0.708. The number of hydrogen-bond acceptors (Lipinski definition) is 1. The van der Waals surface area contributed by atoms with Crippen LogP contribution in [0.15, 0.2) is 42.5 Å². The fourth-order valence-electron chi connectivity index (χ4n) is 2.46. The summed E-state index contributed by atoms with van der Waals surface area (Å²) in [4.78, 5) is 0. The topological polar surface area (TPSA) is 12.0 Å². The molecule has 0 aromatic heterocycles. The minimum absolute atomic E-state index is 0.181. The zero-order chi connectivity index (χ0) is 15.2. The van der Waals surface area contributed by atoms with E-state index in [9.17, 15) is 4.39 Å². The van der Waals surface area contributed by atoms with E-state index in [-0.39, 0.29) is 11.9 Å². The molecular formula is C19H24FN. The van der Waals surface area contributed by atoms with Crippen LogP contribution in [0.5, 0.6) is 0 Å². The smallest absolute Gasteiger partial charge is 0.123 e. The maximum absolute atomic E-state index is 13.1. The lowest BCUT2D eigenvalue weighted by Gasteiger charge is -2.21. The third-order valence-electron chi connectivity index (χ3n) is 3.97. The molecule has 1 atom stereocenters. The van der Waals surface area contributed by atoms with Gasteiger partial charge in [-0.25, -0.2) is 4.39 Å². The Labute approximate surface area is 127 Å². The molecule has 1 N–H and O–H groups in total. The Morgan fingerprint density at radius 3 is 2.33 bits per heavy atom. The van der Waals surface area contributed by atoms with Gasteiger partial charge >= 0.3 is 0 Å². The highest BCUT2D eigenvalue weighted by Crippen LogP contribution is 2.26. The molecule has 0 aliphatic rings. The van der Waals surface area contributed by atoms with E-state index in [1.54, 1.807) is 0 Å². The summed E-state index contributed by atoms with van der Waals surface area (Å²) in [5, 5.41) is 3.60. The molecule has 0 amide bonds. The Bertz CT molecular complexity index is 575. The summed E-state index contributed by atoms with van der Waals surface area (Å²) in [6.07, 6.45) is 3.36. The van der Waals surface area contributed by atoms with Gasteiger partial charge in [-0.1, -0.05) is 38.0 Å². The van der Waals surface area contributed by atoms with Crippen LogP contribution in [0.4, 0.5) is 10.1 Å². The van der Waals surface area contributed by atoms with Crippen molar-refractivity contribution in [2.45, 2.75) is 46.1 Å². The van der Waals surface area contributed by atoms with Crippen molar-refractivity contribution in [3.8, 4) is 0 Å². The Morgan fingerprint density at radius 2 is 1.71 bits per heavy atom. The van der Waals surface area contributed by atoms with E-state index in [2.05, 4.69) is 44.3 Å².